The van der Waals surface area contributed by atoms with Gasteiger partial charge >= 0.3 is 5.97 Å². The SMILES string of the molecule is CCOC(=O)C(C)CC(NNc1ccc(N([O-])O)cc1[N+](=O)[O-])=C([O-])OCC. The van der Waals surface area contributed by atoms with Crippen molar-refractivity contribution in [1.82, 2.24) is 5.43 Å². The van der Waals surface area contributed by atoms with Crippen molar-refractivity contribution in [3.63, 3.8) is 0 Å². The summed E-state index contributed by atoms with van der Waals surface area (Å²) in [5.74, 6) is -1.93. The molecule has 0 saturated carbocycles. The predicted molar refractivity (Wildman–Crippen MR) is 96.6 cm³/mol. The highest BCUT2D eigenvalue weighted by atomic mass is 16.8. The minimum absolute atomic E-state index is 0.0478. The van der Waals surface area contributed by atoms with Gasteiger partial charge in [0.2, 0.25) is 0 Å². The van der Waals surface area contributed by atoms with Crippen LogP contribution in [-0.2, 0) is 14.3 Å². The van der Waals surface area contributed by atoms with E-state index in [0.29, 0.717) is 0 Å². The van der Waals surface area contributed by atoms with Crippen LogP contribution in [0.15, 0.2) is 29.8 Å². The normalized spacial score (nSPS) is 12.5. The predicted octanol–water partition coefficient (Wildman–Crippen LogP) is 1.36. The molecule has 0 aliphatic rings. The summed E-state index contributed by atoms with van der Waals surface area (Å²) in [4.78, 5) is 22.2. The summed E-state index contributed by atoms with van der Waals surface area (Å²) in [6, 6.07) is 3.15. The molecule has 1 aromatic carbocycles. The molecule has 0 aliphatic carbocycles. The van der Waals surface area contributed by atoms with Crippen molar-refractivity contribution >= 4 is 23.0 Å². The average molecular weight is 398 g/mol. The zero-order chi connectivity index (χ0) is 21.3. The Kier molecular flexibility index (Phi) is 8.78. The number of ether oxygens (including phenoxy) is 2. The zero-order valence-corrected chi connectivity index (χ0v) is 15.6. The van der Waals surface area contributed by atoms with E-state index >= 15 is 0 Å². The highest BCUT2D eigenvalue weighted by molar-refractivity contribution is 5.72. The van der Waals surface area contributed by atoms with Crippen LogP contribution in [0.4, 0.5) is 17.1 Å². The fraction of sp³-hybridized carbons (Fsp3) is 0.438. The van der Waals surface area contributed by atoms with E-state index in [-0.39, 0.29) is 36.7 Å². The molecule has 1 atom stereocenters. The zero-order valence-electron chi connectivity index (χ0n) is 15.6. The highest BCUT2D eigenvalue weighted by Crippen LogP contribution is 2.29. The third-order valence-corrected chi connectivity index (χ3v) is 3.47. The van der Waals surface area contributed by atoms with Crippen LogP contribution in [-0.4, -0.2) is 29.3 Å². The Balaban J connectivity index is 3.04. The summed E-state index contributed by atoms with van der Waals surface area (Å²) in [6.45, 7) is 5.08. The number of nitro groups is 1. The second-order valence-corrected chi connectivity index (χ2v) is 5.54. The Morgan fingerprint density at radius 2 is 1.96 bits per heavy atom. The molecule has 0 spiro atoms. The largest absolute Gasteiger partial charge is 0.733 e. The number of hydrogen-bond acceptors (Lipinski definition) is 11. The molecule has 0 heterocycles. The second-order valence-electron chi connectivity index (χ2n) is 5.54. The van der Waals surface area contributed by atoms with Crippen LogP contribution in [0.25, 0.3) is 0 Å². The molecule has 0 bridgehead atoms. The molecule has 0 saturated heterocycles. The van der Waals surface area contributed by atoms with Gasteiger partial charge in [-0.05, 0) is 25.7 Å². The number of rotatable bonds is 11. The molecular weight excluding hydrogens is 376 g/mol. The third-order valence-electron chi connectivity index (χ3n) is 3.47. The first-order valence-electron chi connectivity index (χ1n) is 8.37. The molecule has 0 aliphatic heterocycles. The molecule has 0 radical (unpaired) electrons. The number of hydrogen-bond donors (Lipinski definition) is 3. The lowest BCUT2D eigenvalue weighted by Gasteiger charge is -2.24. The molecule has 1 unspecified atom stereocenters. The van der Waals surface area contributed by atoms with Gasteiger partial charge in [0.25, 0.3) is 5.69 Å². The number of allylic oxidation sites excluding steroid dienone is 1. The molecule has 12 nitrogen and oxygen atoms in total. The number of hydrazine groups is 1. The summed E-state index contributed by atoms with van der Waals surface area (Å²) in [5, 5.41) is 42.6. The fourth-order valence-electron chi connectivity index (χ4n) is 2.12. The van der Waals surface area contributed by atoms with E-state index in [1.54, 1.807) is 20.8 Å². The van der Waals surface area contributed by atoms with Gasteiger partial charge in [-0.1, -0.05) is 13.8 Å². The first-order chi connectivity index (χ1) is 13.2. The Morgan fingerprint density at radius 3 is 2.50 bits per heavy atom. The number of esters is 1. The highest BCUT2D eigenvalue weighted by Gasteiger charge is 2.19. The van der Waals surface area contributed by atoms with Crippen molar-refractivity contribution in [2.45, 2.75) is 27.2 Å². The van der Waals surface area contributed by atoms with Crippen molar-refractivity contribution in [2.24, 2.45) is 5.92 Å². The summed E-state index contributed by atoms with van der Waals surface area (Å²) in [5.41, 5.74) is 4.01. The average Bonchev–Trinajstić information content (AvgIpc) is 2.64. The third kappa shape index (κ3) is 6.48. The van der Waals surface area contributed by atoms with Crippen LogP contribution in [0, 0.1) is 21.2 Å². The summed E-state index contributed by atoms with van der Waals surface area (Å²) >= 11 is 0. The van der Waals surface area contributed by atoms with Gasteiger partial charge in [-0.2, -0.15) is 0 Å². The van der Waals surface area contributed by atoms with Crippen molar-refractivity contribution in [3.8, 4) is 0 Å². The Bertz CT molecular complexity index is 723. The molecule has 12 heteroatoms. The molecular formula is C16H22N4O8-2. The smallest absolute Gasteiger partial charge is 0.309 e. The maximum absolute atomic E-state index is 12.1. The van der Waals surface area contributed by atoms with Crippen molar-refractivity contribution in [1.29, 1.82) is 0 Å². The molecule has 3 N–H and O–H groups in total. The Morgan fingerprint density at radius 1 is 1.32 bits per heavy atom. The van der Waals surface area contributed by atoms with E-state index in [2.05, 4.69) is 10.9 Å². The van der Waals surface area contributed by atoms with Crippen LogP contribution in [0.5, 0.6) is 0 Å². The van der Waals surface area contributed by atoms with E-state index in [1.165, 1.54) is 6.07 Å². The first-order valence-corrected chi connectivity index (χ1v) is 8.37. The van der Waals surface area contributed by atoms with Crippen LogP contribution >= 0.6 is 0 Å². The lowest BCUT2D eigenvalue weighted by atomic mass is 10.1. The van der Waals surface area contributed by atoms with Gasteiger partial charge in [0, 0.05) is 12.5 Å². The number of nitro benzene ring substituents is 1. The number of benzene rings is 1. The van der Waals surface area contributed by atoms with Gasteiger partial charge < -0.3 is 30.4 Å². The summed E-state index contributed by atoms with van der Waals surface area (Å²) in [6.07, 6.45) is -0.0679. The lowest BCUT2D eigenvalue weighted by molar-refractivity contribution is -0.384. The molecule has 156 valence electrons. The monoisotopic (exact) mass is 398 g/mol. The van der Waals surface area contributed by atoms with Gasteiger partial charge in [0.15, 0.2) is 0 Å². The molecule has 0 amide bonds. The number of carbonyl (C=O) groups is 1. The van der Waals surface area contributed by atoms with Crippen LogP contribution in [0.1, 0.15) is 27.2 Å². The molecule has 1 rings (SSSR count). The fourth-order valence-corrected chi connectivity index (χ4v) is 2.12. The van der Waals surface area contributed by atoms with Crippen molar-refractivity contribution < 1.29 is 29.5 Å². The number of nitrogens with zero attached hydrogens (tertiary/aromatic N) is 2. The number of nitrogens with one attached hydrogen (secondary N) is 2. The van der Waals surface area contributed by atoms with E-state index in [1.807, 2.05) is 0 Å². The van der Waals surface area contributed by atoms with Crippen LogP contribution in [0.3, 0.4) is 0 Å². The quantitative estimate of drug-likeness (QED) is 0.212. The van der Waals surface area contributed by atoms with Crippen molar-refractivity contribution in [2.75, 3.05) is 23.9 Å². The van der Waals surface area contributed by atoms with Gasteiger partial charge in [0.1, 0.15) is 5.69 Å². The van der Waals surface area contributed by atoms with Crippen molar-refractivity contribution in [3.05, 3.63) is 45.2 Å². The maximum Gasteiger partial charge on any atom is 0.309 e. The van der Waals surface area contributed by atoms with Gasteiger partial charge in [-0.25, -0.2) is 0 Å². The minimum Gasteiger partial charge on any atom is -0.733 e. The summed E-state index contributed by atoms with van der Waals surface area (Å²) < 4.78 is 9.81. The standard InChI is InChI=1S/C16H23N4O8/c1-4-27-15(21)10(3)8-13(16(22)28-5-2)18-17-12-7-6-11(19(23)24)9-14(12)20(25)26/h6-7,9-10,17-18,22-23H,4-5,8H2,1-3H3/q-1/p-1. The Hall–Kier alpha value is -3.25. The number of carbonyl (C=O) groups excluding carboxylic acids is 1. The maximum atomic E-state index is 12.1. The van der Waals surface area contributed by atoms with Gasteiger partial charge in [-0.3, -0.25) is 25.5 Å². The first kappa shape index (κ1) is 22.8. The van der Waals surface area contributed by atoms with Crippen LogP contribution in [0.2, 0.25) is 0 Å². The minimum atomic E-state index is -0.776. The van der Waals surface area contributed by atoms with Crippen LogP contribution < -0.4 is 21.2 Å². The molecule has 28 heavy (non-hydrogen) atoms. The van der Waals surface area contributed by atoms with E-state index in [4.69, 9.17) is 14.7 Å². The van der Waals surface area contributed by atoms with E-state index < -0.39 is 33.7 Å². The van der Waals surface area contributed by atoms with E-state index in [9.17, 15) is 25.2 Å². The number of anilines is 2. The topological polar surface area (TPSA) is 172 Å². The molecule has 0 aromatic heterocycles. The lowest BCUT2D eigenvalue weighted by Crippen LogP contribution is -2.30. The Labute approximate surface area is 161 Å². The van der Waals surface area contributed by atoms with Gasteiger partial charge in [-0.15, -0.1) is 0 Å². The molecule has 0 fully saturated rings. The van der Waals surface area contributed by atoms with Gasteiger partial charge in [0.05, 0.1) is 34.8 Å². The van der Waals surface area contributed by atoms with E-state index in [0.717, 1.165) is 12.1 Å². The molecule has 1 aromatic rings. The summed E-state index contributed by atoms with van der Waals surface area (Å²) in [7, 11) is 0. The second kappa shape index (κ2) is 10.8.